The highest BCUT2D eigenvalue weighted by atomic mass is 15.0. The van der Waals surface area contributed by atoms with Gasteiger partial charge in [0.25, 0.3) is 0 Å². The Morgan fingerprint density at radius 3 is 2.40 bits per heavy atom. The number of hydrogen-bond acceptors (Lipinski definition) is 1. The summed E-state index contributed by atoms with van der Waals surface area (Å²) < 4.78 is 2.28. The first-order chi connectivity index (χ1) is 7.02. The van der Waals surface area contributed by atoms with Gasteiger partial charge in [-0.3, -0.25) is 0 Å². The van der Waals surface area contributed by atoms with Gasteiger partial charge >= 0.3 is 0 Å². The lowest BCUT2D eigenvalue weighted by Crippen LogP contribution is -2.09. The van der Waals surface area contributed by atoms with Crippen LogP contribution in [0.3, 0.4) is 0 Å². The standard InChI is InChI=1S/C13H20N2/c1-6-10(4)13-7-12(8-14)11(5)15(13)9(2)3/h7,9-10H,6H2,1-5H3. The van der Waals surface area contributed by atoms with Crippen LogP contribution in [0, 0.1) is 18.3 Å². The summed E-state index contributed by atoms with van der Waals surface area (Å²) in [6.45, 7) is 10.8. The van der Waals surface area contributed by atoms with Crippen LogP contribution in [0.5, 0.6) is 0 Å². The van der Waals surface area contributed by atoms with E-state index < -0.39 is 0 Å². The molecule has 1 unspecified atom stereocenters. The first-order valence-electron chi connectivity index (χ1n) is 5.64. The Morgan fingerprint density at radius 2 is 2.00 bits per heavy atom. The number of hydrogen-bond donors (Lipinski definition) is 0. The highest BCUT2D eigenvalue weighted by molar-refractivity contribution is 5.39. The van der Waals surface area contributed by atoms with Gasteiger partial charge in [-0.1, -0.05) is 13.8 Å². The van der Waals surface area contributed by atoms with Crippen LogP contribution < -0.4 is 0 Å². The molecule has 1 heterocycles. The molecular weight excluding hydrogens is 184 g/mol. The molecule has 0 N–H and O–H groups in total. The maximum absolute atomic E-state index is 9.03. The molecule has 1 rings (SSSR count). The molecule has 2 nitrogen and oxygen atoms in total. The van der Waals surface area contributed by atoms with Crippen molar-refractivity contribution in [3.05, 3.63) is 23.0 Å². The molecule has 0 saturated heterocycles. The second kappa shape index (κ2) is 4.53. The van der Waals surface area contributed by atoms with Crippen molar-refractivity contribution in [1.29, 1.82) is 5.26 Å². The third-order valence-electron chi connectivity index (χ3n) is 3.08. The van der Waals surface area contributed by atoms with E-state index in [4.69, 9.17) is 5.26 Å². The number of nitrogens with zero attached hydrogens (tertiary/aromatic N) is 2. The van der Waals surface area contributed by atoms with Gasteiger partial charge in [0.2, 0.25) is 0 Å². The van der Waals surface area contributed by atoms with Crippen LogP contribution >= 0.6 is 0 Å². The lowest BCUT2D eigenvalue weighted by molar-refractivity contribution is 0.533. The molecule has 0 aliphatic rings. The summed E-state index contributed by atoms with van der Waals surface area (Å²) in [5.41, 5.74) is 3.21. The summed E-state index contributed by atoms with van der Waals surface area (Å²) in [5, 5.41) is 9.03. The lowest BCUT2D eigenvalue weighted by Gasteiger charge is -2.19. The number of aromatic nitrogens is 1. The molecule has 0 saturated carbocycles. The monoisotopic (exact) mass is 204 g/mol. The molecule has 82 valence electrons. The van der Waals surface area contributed by atoms with E-state index in [0.717, 1.165) is 17.7 Å². The molecule has 0 bridgehead atoms. The minimum Gasteiger partial charge on any atom is -0.345 e. The molecular formula is C13H20N2. The average Bonchev–Trinajstić information content (AvgIpc) is 2.54. The fraction of sp³-hybridized carbons (Fsp3) is 0.615. The largest absolute Gasteiger partial charge is 0.345 e. The van der Waals surface area contributed by atoms with Crippen molar-refractivity contribution in [3.63, 3.8) is 0 Å². The molecule has 0 spiro atoms. The Bertz CT molecular complexity index is 380. The Hall–Kier alpha value is -1.23. The summed E-state index contributed by atoms with van der Waals surface area (Å²) in [6.07, 6.45) is 1.11. The van der Waals surface area contributed by atoms with Crippen molar-refractivity contribution in [1.82, 2.24) is 4.57 Å². The quantitative estimate of drug-likeness (QED) is 0.737. The third-order valence-corrected chi connectivity index (χ3v) is 3.08. The Kier molecular flexibility index (Phi) is 3.57. The van der Waals surface area contributed by atoms with E-state index in [1.807, 2.05) is 13.0 Å². The molecule has 0 radical (unpaired) electrons. The van der Waals surface area contributed by atoms with Gasteiger partial charge in [0.1, 0.15) is 6.07 Å². The summed E-state index contributed by atoms with van der Waals surface area (Å²) in [7, 11) is 0. The summed E-state index contributed by atoms with van der Waals surface area (Å²) in [4.78, 5) is 0. The highest BCUT2D eigenvalue weighted by Crippen LogP contribution is 2.27. The predicted molar refractivity (Wildman–Crippen MR) is 63.0 cm³/mol. The van der Waals surface area contributed by atoms with Crippen LogP contribution in [-0.2, 0) is 0 Å². The van der Waals surface area contributed by atoms with Crippen LogP contribution in [0.4, 0.5) is 0 Å². The van der Waals surface area contributed by atoms with Gasteiger partial charge in [-0.25, -0.2) is 0 Å². The molecule has 0 amide bonds. The third kappa shape index (κ3) is 2.07. The minimum atomic E-state index is 0.427. The topological polar surface area (TPSA) is 28.7 Å². The van der Waals surface area contributed by atoms with Crippen LogP contribution in [0.25, 0.3) is 0 Å². The zero-order chi connectivity index (χ0) is 11.6. The molecule has 1 aromatic heterocycles. The van der Waals surface area contributed by atoms with Gasteiger partial charge in [0.05, 0.1) is 5.56 Å². The molecule has 2 heteroatoms. The van der Waals surface area contributed by atoms with Gasteiger partial charge in [-0.15, -0.1) is 0 Å². The average molecular weight is 204 g/mol. The van der Waals surface area contributed by atoms with Crippen LogP contribution in [-0.4, -0.2) is 4.57 Å². The van der Waals surface area contributed by atoms with E-state index in [1.165, 1.54) is 5.69 Å². The molecule has 0 aliphatic carbocycles. The first-order valence-corrected chi connectivity index (χ1v) is 5.64. The maximum atomic E-state index is 9.03. The second-order valence-corrected chi connectivity index (χ2v) is 4.45. The van der Waals surface area contributed by atoms with E-state index in [-0.39, 0.29) is 0 Å². The zero-order valence-electron chi connectivity index (χ0n) is 10.3. The van der Waals surface area contributed by atoms with E-state index in [0.29, 0.717) is 12.0 Å². The highest BCUT2D eigenvalue weighted by Gasteiger charge is 2.17. The maximum Gasteiger partial charge on any atom is 0.101 e. The first kappa shape index (κ1) is 11.8. The van der Waals surface area contributed by atoms with Crippen molar-refractivity contribution >= 4 is 0 Å². The Labute approximate surface area is 92.5 Å². The van der Waals surface area contributed by atoms with Gasteiger partial charge in [-0.2, -0.15) is 5.26 Å². The smallest absolute Gasteiger partial charge is 0.101 e. The minimum absolute atomic E-state index is 0.427. The molecule has 0 aliphatic heterocycles. The van der Waals surface area contributed by atoms with Crippen molar-refractivity contribution < 1.29 is 0 Å². The zero-order valence-corrected chi connectivity index (χ0v) is 10.3. The van der Waals surface area contributed by atoms with Crippen LogP contribution in [0.15, 0.2) is 6.07 Å². The van der Waals surface area contributed by atoms with Crippen LogP contribution in [0.1, 0.15) is 63.0 Å². The molecule has 1 atom stereocenters. The number of nitriles is 1. The van der Waals surface area contributed by atoms with Gasteiger partial charge in [0.15, 0.2) is 0 Å². The second-order valence-electron chi connectivity index (χ2n) is 4.45. The van der Waals surface area contributed by atoms with E-state index in [1.54, 1.807) is 0 Å². The van der Waals surface area contributed by atoms with Crippen molar-refractivity contribution in [2.75, 3.05) is 0 Å². The van der Waals surface area contributed by atoms with E-state index >= 15 is 0 Å². The lowest BCUT2D eigenvalue weighted by atomic mass is 10.0. The van der Waals surface area contributed by atoms with E-state index in [2.05, 4.69) is 38.3 Å². The molecule has 0 aromatic carbocycles. The van der Waals surface area contributed by atoms with Crippen LogP contribution in [0.2, 0.25) is 0 Å². The van der Waals surface area contributed by atoms with Crippen molar-refractivity contribution in [2.45, 2.75) is 53.0 Å². The Morgan fingerprint density at radius 1 is 1.40 bits per heavy atom. The van der Waals surface area contributed by atoms with Gasteiger partial charge in [0, 0.05) is 17.4 Å². The summed E-state index contributed by atoms with van der Waals surface area (Å²) in [6, 6.07) is 4.74. The van der Waals surface area contributed by atoms with Gasteiger partial charge in [-0.05, 0) is 39.2 Å². The SMILES string of the molecule is CCC(C)c1cc(C#N)c(C)n1C(C)C. The predicted octanol–water partition coefficient (Wildman–Crippen LogP) is 3.76. The fourth-order valence-corrected chi connectivity index (χ4v) is 2.03. The van der Waals surface area contributed by atoms with Crippen molar-refractivity contribution in [3.8, 4) is 6.07 Å². The summed E-state index contributed by atoms with van der Waals surface area (Å²) >= 11 is 0. The Balaban J connectivity index is 3.32. The van der Waals surface area contributed by atoms with E-state index in [9.17, 15) is 0 Å². The molecule has 15 heavy (non-hydrogen) atoms. The van der Waals surface area contributed by atoms with Gasteiger partial charge < -0.3 is 4.57 Å². The van der Waals surface area contributed by atoms with Crippen molar-refractivity contribution in [2.24, 2.45) is 0 Å². The number of rotatable bonds is 3. The normalized spacial score (nSPS) is 12.9. The fourth-order valence-electron chi connectivity index (χ4n) is 2.03. The summed E-state index contributed by atoms with van der Waals surface area (Å²) in [5.74, 6) is 0.521. The molecule has 1 aromatic rings. The molecule has 0 fully saturated rings.